The second kappa shape index (κ2) is 7.97. The minimum atomic E-state index is -2.54. The molecule has 1 aromatic heterocycles. The molecule has 1 aliphatic rings. The smallest absolute Gasteiger partial charge is 0.220 e. The molecule has 0 radical (unpaired) electrons. The normalized spacial score (nSPS) is 15.7. The summed E-state index contributed by atoms with van der Waals surface area (Å²) in [7, 11) is -2.54. The van der Waals surface area contributed by atoms with Gasteiger partial charge in [0.2, 0.25) is 5.95 Å². The molecule has 29 heavy (non-hydrogen) atoms. The molecule has 0 aliphatic carbocycles. The Labute approximate surface area is 168 Å². The van der Waals surface area contributed by atoms with Gasteiger partial charge < -0.3 is 9.53 Å². The van der Waals surface area contributed by atoms with Crippen LogP contribution in [0.3, 0.4) is 0 Å². The lowest BCUT2D eigenvalue weighted by Crippen LogP contribution is -2.16. The minimum absolute atomic E-state index is 0.0700. The van der Waals surface area contributed by atoms with E-state index in [4.69, 9.17) is 4.74 Å². The zero-order chi connectivity index (χ0) is 20.4. The molecule has 2 heterocycles. The number of halogens is 1. The van der Waals surface area contributed by atoms with Crippen molar-refractivity contribution in [3.63, 3.8) is 0 Å². The van der Waals surface area contributed by atoms with E-state index in [9.17, 15) is 17.6 Å². The van der Waals surface area contributed by atoms with E-state index in [1.165, 1.54) is 6.20 Å². The lowest BCUT2D eigenvalue weighted by molar-refractivity contribution is -0.108. The molecule has 3 aromatic rings. The number of fused-ring (bicyclic) bond motifs is 1. The fourth-order valence-corrected chi connectivity index (χ4v) is 3.94. The van der Waals surface area contributed by atoms with E-state index in [0.29, 0.717) is 33.8 Å². The molecule has 0 saturated carbocycles. The second-order valence-corrected chi connectivity index (χ2v) is 7.51. The van der Waals surface area contributed by atoms with Gasteiger partial charge >= 0.3 is 0 Å². The van der Waals surface area contributed by atoms with Crippen LogP contribution in [0.25, 0.3) is 11.3 Å². The third-order valence-corrected chi connectivity index (χ3v) is 5.36. The number of hydrogen-bond acceptors (Lipinski definition) is 5. The largest absolute Gasteiger partial charge is 0.456 e. The van der Waals surface area contributed by atoms with Crippen LogP contribution in [0.1, 0.15) is 28.2 Å². The van der Waals surface area contributed by atoms with Crippen LogP contribution in [0.5, 0.6) is 5.75 Å². The van der Waals surface area contributed by atoms with Crippen LogP contribution >= 0.6 is 0 Å². The molecular weight excluding hydrogens is 393 g/mol. The SMILES string of the molecule is O=CC1C(c2cccnc2F)=C(c2ccc(C[SH](=O)=O)cc2)Oc2ccccc21. The van der Waals surface area contributed by atoms with Crippen molar-refractivity contribution in [2.24, 2.45) is 0 Å². The zero-order valence-corrected chi connectivity index (χ0v) is 16.0. The number of ether oxygens (including phenoxy) is 1. The number of rotatable bonds is 5. The van der Waals surface area contributed by atoms with Crippen molar-refractivity contribution in [3.05, 3.63) is 95.1 Å². The Balaban J connectivity index is 1.93. The summed E-state index contributed by atoms with van der Waals surface area (Å²) in [6.45, 7) is 0. The summed E-state index contributed by atoms with van der Waals surface area (Å²) in [5, 5.41) is 0. The van der Waals surface area contributed by atoms with Crippen molar-refractivity contribution >= 4 is 28.3 Å². The Bertz CT molecular complexity index is 1180. The average molecular weight is 409 g/mol. The summed E-state index contributed by atoms with van der Waals surface area (Å²) < 4.78 is 42.6. The van der Waals surface area contributed by atoms with Crippen LogP contribution in [0, 0.1) is 5.95 Å². The number of thiol groups is 1. The molecule has 7 heteroatoms. The van der Waals surface area contributed by atoms with Crippen LogP contribution in [0.2, 0.25) is 0 Å². The highest BCUT2D eigenvalue weighted by atomic mass is 32.2. The Morgan fingerprint density at radius 1 is 1.03 bits per heavy atom. The third-order valence-electron chi connectivity index (χ3n) is 4.73. The van der Waals surface area contributed by atoms with E-state index in [1.54, 1.807) is 60.7 Å². The van der Waals surface area contributed by atoms with E-state index < -0.39 is 22.6 Å². The first-order chi connectivity index (χ1) is 14.1. The molecular formula is C22H16FNO4S. The topological polar surface area (TPSA) is 73.3 Å². The van der Waals surface area contributed by atoms with E-state index >= 15 is 0 Å². The van der Waals surface area contributed by atoms with Gasteiger partial charge in [0.15, 0.2) is 0 Å². The Kier molecular flexibility index (Phi) is 5.22. The second-order valence-electron chi connectivity index (χ2n) is 6.53. The van der Waals surface area contributed by atoms with E-state index in [-0.39, 0.29) is 11.3 Å². The average Bonchev–Trinajstić information content (AvgIpc) is 2.73. The number of benzene rings is 2. The van der Waals surface area contributed by atoms with Crippen molar-refractivity contribution in [2.75, 3.05) is 0 Å². The van der Waals surface area contributed by atoms with Crippen LogP contribution in [-0.2, 0) is 21.3 Å². The van der Waals surface area contributed by atoms with E-state index in [2.05, 4.69) is 4.98 Å². The summed E-state index contributed by atoms with van der Waals surface area (Å²) in [6, 6.07) is 17.0. The summed E-state index contributed by atoms with van der Waals surface area (Å²) in [5.41, 5.74) is 2.44. The van der Waals surface area contributed by atoms with Gasteiger partial charge in [0.05, 0.1) is 11.7 Å². The van der Waals surface area contributed by atoms with Gasteiger partial charge in [0.1, 0.15) is 28.5 Å². The zero-order valence-electron chi connectivity index (χ0n) is 15.1. The highest BCUT2D eigenvalue weighted by Crippen LogP contribution is 2.46. The summed E-state index contributed by atoms with van der Waals surface area (Å²) >= 11 is 0. The fraction of sp³-hybridized carbons (Fsp3) is 0.0909. The number of para-hydroxylation sites is 1. The van der Waals surface area contributed by atoms with Crippen molar-refractivity contribution < 1.29 is 22.3 Å². The maximum Gasteiger partial charge on any atom is 0.220 e. The van der Waals surface area contributed by atoms with Crippen molar-refractivity contribution in [1.82, 2.24) is 4.98 Å². The Morgan fingerprint density at radius 3 is 2.48 bits per heavy atom. The maximum atomic E-state index is 14.6. The summed E-state index contributed by atoms with van der Waals surface area (Å²) in [6.07, 6.45) is 2.10. The van der Waals surface area contributed by atoms with Gasteiger partial charge in [-0.05, 0) is 23.8 Å². The third kappa shape index (κ3) is 3.69. The molecule has 4 rings (SSSR count). The van der Waals surface area contributed by atoms with Gasteiger partial charge in [-0.1, -0.05) is 42.5 Å². The molecule has 0 amide bonds. The van der Waals surface area contributed by atoms with E-state index in [1.807, 2.05) is 0 Å². The van der Waals surface area contributed by atoms with Gasteiger partial charge in [-0.3, -0.25) is 0 Å². The van der Waals surface area contributed by atoms with Crippen molar-refractivity contribution in [3.8, 4) is 5.75 Å². The van der Waals surface area contributed by atoms with Crippen LogP contribution in [0.15, 0.2) is 66.9 Å². The molecule has 0 bridgehead atoms. The quantitative estimate of drug-likeness (QED) is 0.396. The number of pyridine rings is 1. The number of carbonyl (C=O) groups is 1. The van der Waals surface area contributed by atoms with E-state index in [0.717, 1.165) is 6.29 Å². The molecule has 1 unspecified atom stereocenters. The predicted molar refractivity (Wildman–Crippen MR) is 107 cm³/mol. The molecule has 1 aliphatic heterocycles. The van der Waals surface area contributed by atoms with Crippen LogP contribution in [0.4, 0.5) is 4.39 Å². The fourth-order valence-electron chi connectivity index (χ4n) is 3.44. The lowest BCUT2D eigenvalue weighted by atomic mass is 9.83. The monoisotopic (exact) mass is 409 g/mol. The molecule has 2 aromatic carbocycles. The molecule has 0 spiro atoms. The number of hydrogen-bond donors (Lipinski definition) is 1. The van der Waals surface area contributed by atoms with Crippen LogP contribution < -0.4 is 4.74 Å². The first kappa shape index (κ1) is 19.0. The molecule has 0 N–H and O–H groups in total. The van der Waals surface area contributed by atoms with Gasteiger partial charge in [0, 0.05) is 28.5 Å². The number of allylic oxidation sites excluding steroid dienone is 1. The standard InChI is InChI=1S/C22H16FNO4S/c23-22-17(5-3-11-24-22)20-18(12-25)16-4-1-2-6-19(16)28-21(20)15-9-7-14(8-10-15)13-29(26)27/h1-12,18,29H,13H2. The minimum Gasteiger partial charge on any atom is -0.456 e. The number of carbonyl (C=O) groups excluding carboxylic acids is 1. The molecule has 5 nitrogen and oxygen atoms in total. The molecule has 0 fully saturated rings. The van der Waals surface area contributed by atoms with Gasteiger partial charge in [-0.2, -0.15) is 4.39 Å². The first-order valence-electron chi connectivity index (χ1n) is 8.86. The summed E-state index contributed by atoms with van der Waals surface area (Å²) in [5.74, 6) is -0.649. The number of aldehydes is 1. The predicted octanol–water partition coefficient (Wildman–Crippen LogP) is 3.58. The number of aromatic nitrogens is 1. The number of nitrogens with zero attached hydrogens (tertiary/aromatic N) is 1. The van der Waals surface area contributed by atoms with Gasteiger partial charge in [-0.15, -0.1) is 0 Å². The van der Waals surface area contributed by atoms with Crippen molar-refractivity contribution in [1.29, 1.82) is 0 Å². The highest BCUT2D eigenvalue weighted by Gasteiger charge is 2.32. The van der Waals surface area contributed by atoms with Crippen LogP contribution in [-0.4, -0.2) is 19.7 Å². The summed E-state index contributed by atoms with van der Waals surface area (Å²) in [4.78, 5) is 15.8. The lowest BCUT2D eigenvalue weighted by Gasteiger charge is -2.28. The molecule has 1 atom stereocenters. The van der Waals surface area contributed by atoms with Crippen molar-refractivity contribution in [2.45, 2.75) is 11.7 Å². The molecule has 0 saturated heterocycles. The first-order valence-corrected chi connectivity index (χ1v) is 10.2. The maximum absolute atomic E-state index is 14.6. The highest BCUT2D eigenvalue weighted by molar-refractivity contribution is 7.71. The Hall–Kier alpha value is -3.32. The molecule has 146 valence electrons. The van der Waals surface area contributed by atoms with Gasteiger partial charge in [0.25, 0.3) is 0 Å². The van der Waals surface area contributed by atoms with Gasteiger partial charge in [-0.25, -0.2) is 13.4 Å². The Morgan fingerprint density at radius 2 is 1.79 bits per heavy atom.